The van der Waals surface area contributed by atoms with E-state index in [0.29, 0.717) is 11.7 Å². The Hall–Kier alpha value is -0.960. The first-order valence-electron chi connectivity index (χ1n) is 5.56. The van der Waals surface area contributed by atoms with Gasteiger partial charge in [-0.15, -0.1) is 0 Å². The van der Waals surface area contributed by atoms with Crippen LogP contribution in [0.5, 0.6) is 0 Å². The molecule has 1 aromatic heterocycles. The van der Waals surface area contributed by atoms with Crippen molar-refractivity contribution in [2.45, 2.75) is 46.1 Å². The monoisotopic (exact) mass is 208 g/mol. The quantitative estimate of drug-likeness (QED) is 0.809. The average Bonchev–Trinajstić information content (AvgIpc) is 2.18. The summed E-state index contributed by atoms with van der Waals surface area (Å²) in [7, 11) is 0. The van der Waals surface area contributed by atoms with Crippen LogP contribution in [0.15, 0.2) is 12.4 Å². The highest BCUT2D eigenvalue weighted by Gasteiger charge is 2.10. The summed E-state index contributed by atoms with van der Waals surface area (Å²) < 4.78 is 0. The van der Waals surface area contributed by atoms with Crippen molar-refractivity contribution in [3.63, 3.8) is 0 Å². The van der Waals surface area contributed by atoms with Gasteiger partial charge in [-0.2, -0.15) is 0 Å². The van der Waals surface area contributed by atoms with Gasteiger partial charge in [0, 0.05) is 12.4 Å². The Balaban J connectivity index is 2.40. The molecule has 1 rings (SSSR count). The third-order valence-corrected chi connectivity index (χ3v) is 2.36. The summed E-state index contributed by atoms with van der Waals surface area (Å²) >= 11 is 0. The second-order valence-electron chi connectivity index (χ2n) is 4.46. The molecule has 0 bridgehead atoms. The van der Waals surface area contributed by atoms with Crippen molar-refractivity contribution in [2.75, 3.05) is 0 Å². The van der Waals surface area contributed by atoms with E-state index in [1.807, 2.05) is 6.92 Å². The maximum atomic E-state index is 9.80. The minimum Gasteiger partial charge on any atom is -0.385 e. The number of aromatic nitrogens is 2. The fourth-order valence-corrected chi connectivity index (χ4v) is 1.42. The zero-order valence-electron chi connectivity index (χ0n) is 9.77. The first-order chi connectivity index (χ1) is 7.09. The van der Waals surface area contributed by atoms with E-state index in [1.165, 1.54) is 0 Å². The van der Waals surface area contributed by atoms with Gasteiger partial charge in [0.05, 0.1) is 0 Å². The Morgan fingerprint density at radius 3 is 2.33 bits per heavy atom. The summed E-state index contributed by atoms with van der Waals surface area (Å²) in [5, 5.41) is 9.80. The smallest absolute Gasteiger partial charge is 0.156 e. The zero-order chi connectivity index (χ0) is 11.3. The lowest BCUT2D eigenvalue weighted by Crippen LogP contribution is -2.04. The molecular weight excluding hydrogens is 188 g/mol. The van der Waals surface area contributed by atoms with Gasteiger partial charge < -0.3 is 5.11 Å². The van der Waals surface area contributed by atoms with Gasteiger partial charge in [0.15, 0.2) is 5.82 Å². The van der Waals surface area contributed by atoms with Crippen LogP contribution in [0.1, 0.15) is 50.6 Å². The predicted octanol–water partition coefficient (Wildman–Crippen LogP) is 2.64. The third-order valence-electron chi connectivity index (χ3n) is 2.36. The van der Waals surface area contributed by atoms with Crippen LogP contribution in [0.4, 0.5) is 0 Å². The summed E-state index contributed by atoms with van der Waals surface area (Å²) in [6.45, 7) is 6.32. The molecule has 0 spiro atoms. The van der Waals surface area contributed by atoms with Gasteiger partial charge in [0.25, 0.3) is 0 Å². The highest BCUT2D eigenvalue weighted by atomic mass is 16.3. The molecule has 1 aromatic rings. The number of aliphatic hydroxyl groups is 1. The zero-order valence-corrected chi connectivity index (χ0v) is 9.77. The molecule has 0 radical (unpaired) electrons. The molecule has 84 valence electrons. The Bertz CT molecular complexity index is 282. The summed E-state index contributed by atoms with van der Waals surface area (Å²) in [6.07, 6.45) is 5.90. The highest BCUT2D eigenvalue weighted by molar-refractivity contribution is 5.03. The average molecular weight is 208 g/mol. The summed E-state index contributed by atoms with van der Waals surface area (Å²) in [5.74, 6) is 1.24. The molecule has 0 amide bonds. The van der Waals surface area contributed by atoms with Crippen LogP contribution in [0.25, 0.3) is 0 Å². The van der Waals surface area contributed by atoms with Gasteiger partial charge in [-0.1, -0.05) is 26.7 Å². The highest BCUT2D eigenvalue weighted by Crippen LogP contribution is 2.17. The molecular formula is C12H20N2O. The molecule has 1 heterocycles. The standard InChI is InChI=1S/C12H20N2O/c1-9(2)5-4-6-11(15)12-13-7-10(3)8-14-12/h7-9,11,15H,4-6H2,1-3H3. The van der Waals surface area contributed by atoms with E-state index < -0.39 is 6.10 Å². The van der Waals surface area contributed by atoms with E-state index in [4.69, 9.17) is 0 Å². The van der Waals surface area contributed by atoms with Crippen LogP contribution in [0, 0.1) is 12.8 Å². The SMILES string of the molecule is Cc1cnc(C(O)CCCC(C)C)nc1. The van der Waals surface area contributed by atoms with Crippen molar-refractivity contribution in [2.24, 2.45) is 5.92 Å². The fraction of sp³-hybridized carbons (Fsp3) is 0.667. The number of rotatable bonds is 5. The summed E-state index contributed by atoms with van der Waals surface area (Å²) in [4.78, 5) is 8.23. The molecule has 3 nitrogen and oxygen atoms in total. The van der Waals surface area contributed by atoms with E-state index >= 15 is 0 Å². The number of nitrogens with zero attached hydrogens (tertiary/aromatic N) is 2. The van der Waals surface area contributed by atoms with E-state index in [-0.39, 0.29) is 0 Å². The van der Waals surface area contributed by atoms with E-state index in [1.54, 1.807) is 12.4 Å². The summed E-state index contributed by atoms with van der Waals surface area (Å²) in [6, 6.07) is 0. The lowest BCUT2D eigenvalue weighted by Gasteiger charge is -2.10. The van der Waals surface area contributed by atoms with Crippen molar-refractivity contribution >= 4 is 0 Å². The topological polar surface area (TPSA) is 46.0 Å². The number of aliphatic hydroxyl groups excluding tert-OH is 1. The molecule has 1 atom stereocenters. The van der Waals surface area contributed by atoms with E-state index in [2.05, 4.69) is 23.8 Å². The Kier molecular flexibility index (Phi) is 4.69. The molecule has 3 heteroatoms. The second-order valence-corrected chi connectivity index (χ2v) is 4.46. The molecule has 0 aromatic carbocycles. The molecule has 15 heavy (non-hydrogen) atoms. The molecule has 1 unspecified atom stereocenters. The van der Waals surface area contributed by atoms with Gasteiger partial charge >= 0.3 is 0 Å². The predicted molar refractivity (Wildman–Crippen MR) is 60.4 cm³/mol. The minimum atomic E-state index is -0.510. The lowest BCUT2D eigenvalue weighted by molar-refractivity contribution is 0.152. The lowest BCUT2D eigenvalue weighted by atomic mass is 10.0. The molecule has 0 aliphatic heterocycles. The fourth-order valence-electron chi connectivity index (χ4n) is 1.42. The van der Waals surface area contributed by atoms with Crippen molar-refractivity contribution in [1.82, 2.24) is 9.97 Å². The maximum Gasteiger partial charge on any atom is 0.156 e. The van der Waals surface area contributed by atoms with Crippen LogP contribution >= 0.6 is 0 Å². The van der Waals surface area contributed by atoms with Crippen LogP contribution in [0.2, 0.25) is 0 Å². The van der Waals surface area contributed by atoms with E-state index in [0.717, 1.165) is 24.8 Å². The van der Waals surface area contributed by atoms with Gasteiger partial charge in [-0.25, -0.2) is 9.97 Å². The molecule has 0 aliphatic carbocycles. The Morgan fingerprint density at radius 1 is 1.20 bits per heavy atom. The second kappa shape index (κ2) is 5.81. The van der Waals surface area contributed by atoms with Crippen LogP contribution < -0.4 is 0 Å². The van der Waals surface area contributed by atoms with Gasteiger partial charge in [0.2, 0.25) is 0 Å². The molecule has 0 aliphatic rings. The molecule has 0 saturated heterocycles. The normalized spacial score (nSPS) is 13.1. The summed E-state index contributed by atoms with van der Waals surface area (Å²) in [5.41, 5.74) is 1.02. The minimum absolute atomic E-state index is 0.510. The van der Waals surface area contributed by atoms with Crippen molar-refractivity contribution in [1.29, 1.82) is 0 Å². The van der Waals surface area contributed by atoms with Gasteiger partial charge in [0.1, 0.15) is 6.10 Å². The van der Waals surface area contributed by atoms with Crippen molar-refractivity contribution < 1.29 is 5.11 Å². The number of hydrogen-bond acceptors (Lipinski definition) is 3. The third kappa shape index (κ3) is 4.38. The van der Waals surface area contributed by atoms with Crippen LogP contribution in [-0.4, -0.2) is 15.1 Å². The number of hydrogen-bond donors (Lipinski definition) is 1. The number of aryl methyl sites for hydroxylation is 1. The first-order valence-corrected chi connectivity index (χ1v) is 5.56. The van der Waals surface area contributed by atoms with Crippen LogP contribution in [0.3, 0.4) is 0 Å². The van der Waals surface area contributed by atoms with Crippen molar-refractivity contribution in [3.8, 4) is 0 Å². The first kappa shape index (κ1) is 12.1. The van der Waals surface area contributed by atoms with Gasteiger partial charge in [-0.05, 0) is 24.8 Å². The largest absolute Gasteiger partial charge is 0.385 e. The Labute approximate surface area is 91.6 Å². The van der Waals surface area contributed by atoms with Crippen LogP contribution in [-0.2, 0) is 0 Å². The maximum absolute atomic E-state index is 9.80. The molecule has 0 saturated carbocycles. The Morgan fingerprint density at radius 2 is 1.80 bits per heavy atom. The molecule has 0 fully saturated rings. The molecule has 1 N–H and O–H groups in total. The van der Waals surface area contributed by atoms with Crippen molar-refractivity contribution in [3.05, 3.63) is 23.8 Å². The van der Waals surface area contributed by atoms with E-state index in [9.17, 15) is 5.11 Å². The van der Waals surface area contributed by atoms with Gasteiger partial charge in [-0.3, -0.25) is 0 Å².